The lowest BCUT2D eigenvalue weighted by atomic mass is 9.82. The van der Waals surface area contributed by atoms with Crippen LogP contribution >= 0.6 is 0 Å². The van der Waals surface area contributed by atoms with Gasteiger partial charge >= 0.3 is 0 Å². The number of fused-ring (bicyclic) bond motifs is 1. The van der Waals surface area contributed by atoms with Crippen LogP contribution in [0.15, 0.2) is 18.2 Å². The normalized spacial score (nSPS) is 27.9. The number of benzene rings is 1. The van der Waals surface area contributed by atoms with Gasteiger partial charge in [-0.1, -0.05) is 18.2 Å². The fourth-order valence-electron chi connectivity index (χ4n) is 3.48. The summed E-state index contributed by atoms with van der Waals surface area (Å²) in [4.78, 5) is 2.58. The maximum absolute atomic E-state index is 6.19. The predicted octanol–water partition coefficient (Wildman–Crippen LogP) is 2.03. The van der Waals surface area contributed by atoms with Gasteiger partial charge in [-0.15, -0.1) is 0 Å². The molecule has 0 saturated carbocycles. The molecule has 1 aromatic carbocycles. The van der Waals surface area contributed by atoms with E-state index in [0.717, 1.165) is 18.8 Å². The van der Waals surface area contributed by atoms with Gasteiger partial charge < -0.3 is 10.5 Å². The zero-order chi connectivity index (χ0) is 12.6. The first-order valence-corrected chi connectivity index (χ1v) is 6.96. The van der Waals surface area contributed by atoms with Crippen molar-refractivity contribution in [2.75, 3.05) is 26.2 Å². The molecule has 2 aliphatic rings. The molecule has 1 saturated heterocycles. The molecule has 0 radical (unpaired) electrons. The van der Waals surface area contributed by atoms with E-state index < -0.39 is 0 Å². The molecule has 3 nitrogen and oxygen atoms in total. The molecule has 1 aromatic rings. The van der Waals surface area contributed by atoms with Gasteiger partial charge in [0.2, 0.25) is 0 Å². The second-order valence-corrected chi connectivity index (χ2v) is 5.48. The van der Waals surface area contributed by atoms with Crippen molar-refractivity contribution in [3.05, 3.63) is 29.3 Å². The monoisotopic (exact) mass is 246 g/mol. The van der Waals surface area contributed by atoms with Crippen LogP contribution in [0.25, 0.3) is 0 Å². The van der Waals surface area contributed by atoms with Gasteiger partial charge in [-0.2, -0.15) is 0 Å². The van der Waals surface area contributed by atoms with Crippen LogP contribution in [0, 0.1) is 6.92 Å². The van der Waals surface area contributed by atoms with E-state index in [4.69, 9.17) is 10.5 Å². The zero-order valence-electron chi connectivity index (χ0n) is 11.1. The number of nitrogens with zero attached hydrogens (tertiary/aromatic N) is 1. The molecule has 1 unspecified atom stereocenters. The van der Waals surface area contributed by atoms with Gasteiger partial charge in [-0.25, -0.2) is 0 Å². The van der Waals surface area contributed by atoms with Gasteiger partial charge in [-0.3, -0.25) is 4.90 Å². The Morgan fingerprint density at radius 2 is 2.11 bits per heavy atom. The molecule has 3 heteroatoms. The largest absolute Gasteiger partial charge is 0.493 e. The highest BCUT2D eigenvalue weighted by Crippen LogP contribution is 2.43. The number of aryl methyl sites for hydroxylation is 1. The van der Waals surface area contributed by atoms with Gasteiger partial charge in [0.25, 0.3) is 0 Å². The second-order valence-electron chi connectivity index (χ2n) is 5.48. The van der Waals surface area contributed by atoms with Gasteiger partial charge in [0.1, 0.15) is 5.75 Å². The van der Waals surface area contributed by atoms with Crippen molar-refractivity contribution in [1.82, 2.24) is 4.90 Å². The Hall–Kier alpha value is -1.06. The predicted molar refractivity (Wildman–Crippen MR) is 72.8 cm³/mol. The summed E-state index contributed by atoms with van der Waals surface area (Å²) in [5, 5.41) is 0. The van der Waals surface area contributed by atoms with Crippen LogP contribution in [-0.4, -0.2) is 31.1 Å². The first-order chi connectivity index (χ1) is 8.78. The number of ether oxygens (including phenoxy) is 1. The van der Waals surface area contributed by atoms with Crippen LogP contribution in [0.5, 0.6) is 5.75 Å². The maximum atomic E-state index is 6.19. The Bertz CT molecular complexity index is 440. The second kappa shape index (κ2) is 4.56. The van der Waals surface area contributed by atoms with Crippen molar-refractivity contribution in [3.8, 4) is 5.75 Å². The Morgan fingerprint density at radius 3 is 2.83 bits per heavy atom. The lowest BCUT2D eigenvalue weighted by Crippen LogP contribution is -2.52. The lowest BCUT2D eigenvalue weighted by Gasteiger charge is -2.45. The Kier molecular flexibility index (Phi) is 3.04. The molecule has 3 rings (SSSR count). The van der Waals surface area contributed by atoms with Crippen molar-refractivity contribution in [2.24, 2.45) is 5.73 Å². The minimum Gasteiger partial charge on any atom is -0.493 e. The Labute approximate surface area is 109 Å². The van der Waals surface area contributed by atoms with Crippen LogP contribution in [0.1, 0.15) is 30.4 Å². The highest BCUT2D eigenvalue weighted by atomic mass is 16.5. The number of hydrogen-bond donors (Lipinski definition) is 1. The highest BCUT2D eigenvalue weighted by Gasteiger charge is 2.42. The molecular weight excluding hydrogens is 224 g/mol. The molecule has 0 aliphatic carbocycles. The fraction of sp³-hybridized carbons (Fsp3) is 0.600. The number of hydrogen-bond acceptors (Lipinski definition) is 3. The van der Waals surface area contributed by atoms with E-state index in [9.17, 15) is 0 Å². The van der Waals surface area contributed by atoms with E-state index in [1.807, 2.05) is 0 Å². The molecule has 0 bridgehead atoms. The van der Waals surface area contributed by atoms with Crippen molar-refractivity contribution < 1.29 is 4.74 Å². The molecule has 0 aromatic heterocycles. The van der Waals surface area contributed by atoms with E-state index in [1.54, 1.807) is 0 Å². The molecular formula is C15H22N2O. The fourth-order valence-corrected chi connectivity index (χ4v) is 3.48. The third kappa shape index (κ3) is 1.65. The summed E-state index contributed by atoms with van der Waals surface area (Å²) < 4.78 is 5.89. The van der Waals surface area contributed by atoms with E-state index in [2.05, 4.69) is 30.0 Å². The Balaban J connectivity index is 2.09. The maximum Gasteiger partial charge on any atom is 0.127 e. The van der Waals surface area contributed by atoms with E-state index in [-0.39, 0.29) is 5.54 Å². The summed E-state index contributed by atoms with van der Waals surface area (Å²) in [6.45, 7) is 5.93. The first kappa shape index (κ1) is 12.0. The zero-order valence-corrected chi connectivity index (χ0v) is 11.1. The first-order valence-electron chi connectivity index (χ1n) is 6.96. The molecule has 0 spiro atoms. The van der Waals surface area contributed by atoms with Crippen LogP contribution < -0.4 is 10.5 Å². The minimum atomic E-state index is 0.0100. The molecule has 2 heterocycles. The van der Waals surface area contributed by atoms with Crippen LogP contribution in [0.2, 0.25) is 0 Å². The molecule has 18 heavy (non-hydrogen) atoms. The van der Waals surface area contributed by atoms with Gasteiger partial charge in [0.05, 0.1) is 12.1 Å². The van der Waals surface area contributed by atoms with E-state index in [0.29, 0.717) is 6.54 Å². The number of rotatable bonds is 2. The Morgan fingerprint density at radius 1 is 1.33 bits per heavy atom. The lowest BCUT2D eigenvalue weighted by molar-refractivity contribution is 0.0693. The van der Waals surface area contributed by atoms with Gasteiger partial charge in [-0.05, 0) is 38.4 Å². The van der Waals surface area contributed by atoms with Gasteiger partial charge in [0.15, 0.2) is 0 Å². The number of nitrogens with two attached hydrogens (primary N) is 1. The molecule has 0 amide bonds. The van der Waals surface area contributed by atoms with Gasteiger partial charge in [0, 0.05) is 18.5 Å². The molecule has 1 fully saturated rings. The molecule has 2 N–H and O–H groups in total. The topological polar surface area (TPSA) is 38.5 Å². The number of likely N-dealkylation sites (tertiary alicyclic amines) is 1. The SMILES string of the molecule is Cc1cccc2c1OCCC2(CN)N1CCCC1. The third-order valence-corrected chi connectivity index (χ3v) is 4.52. The quantitative estimate of drug-likeness (QED) is 0.867. The van der Waals surface area contributed by atoms with Crippen LogP contribution in [-0.2, 0) is 5.54 Å². The molecule has 98 valence electrons. The average Bonchev–Trinajstić information content (AvgIpc) is 2.93. The van der Waals surface area contributed by atoms with E-state index in [1.165, 1.54) is 37.1 Å². The van der Waals surface area contributed by atoms with Crippen LogP contribution in [0.4, 0.5) is 0 Å². The third-order valence-electron chi connectivity index (χ3n) is 4.52. The van der Waals surface area contributed by atoms with E-state index >= 15 is 0 Å². The number of para-hydroxylation sites is 1. The van der Waals surface area contributed by atoms with Crippen molar-refractivity contribution in [2.45, 2.75) is 31.7 Å². The van der Waals surface area contributed by atoms with Crippen molar-refractivity contribution >= 4 is 0 Å². The average molecular weight is 246 g/mol. The summed E-state index contributed by atoms with van der Waals surface area (Å²) in [6.07, 6.45) is 3.60. The standard InChI is InChI=1S/C15H22N2O/c1-12-5-4-6-13-14(12)18-10-7-15(13,11-16)17-8-2-3-9-17/h4-6H,2-3,7-11,16H2,1H3. The van der Waals surface area contributed by atoms with Crippen LogP contribution in [0.3, 0.4) is 0 Å². The summed E-state index contributed by atoms with van der Waals surface area (Å²) in [6, 6.07) is 6.45. The summed E-state index contributed by atoms with van der Waals surface area (Å²) in [5.74, 6) is 1.07. The smallest absolute Gasteiger partial charge is 0.127 e. The summed E-state index contributed by atoms with van der Waals surface area (Å²) >= 11 is 0. The van der Waals surface area contributed by atoms with Crippen molar-refractivity contribution in [1.29, 1.82) is 0 Å². The highest BCUT2D eigenvalue weighted by molar-refractivity contribution is 5.46. The minimum absolute atomic E-state index is 0.0100. The molecule has 2 aliphatic heterocycles. The van der Waals surface area contributed by atoms with Crippen molar-refractivity contribution in [3.63, 3.8) is 0 Å². The summed E-state index contributed by atoms with van der Waals surface area (Å²) in [7, 11) is 0. The summed E-state index contributed by atoms with van der Waals surface area (Å²) in [5.41, 5.74) is 8.73. The molecule has 1 atom stereocenters.